The second-order valence-corrected chi connectivity index (χ2v) is 3.51. The molecule has 0 spiro atoms. The Labute approximate surface area is 97.3 Å². The molecule has 0 aliphatic rings. The molecule has 0 aliphatic carbocycles. The molecule has 2 N–H and O–H groups in total. The summed E-state index contributed by atoms with van der Waals surface area (Å²) in [7, 11) is 0. The molecule has 6 nitrogen and oxygen atoms in total. The fourth-order valence-corrected chi connectivity index (χ4v) is 1.39. The molecule has 0 saturated carbocycles. The Morgan fingerprint density at radius 3 is 3.06 bits per heavy atom. The fourth-order valence-electron chi connectivity index (χ4n) is 1.39. The largest absolute Gasteiger partial charge is 0.478 e. The quantitative estimate of drug-likeness (QED) is 0.835. The lowest BCUT2D eigenvalue weighted by Crippen LogP contribution is -2.07. The van der Waals surface area contributed by atoms with Gasteiger partial charge in [-0.15, -0.1) is 0 Å². The standard InChI is InChI=1S/C11H11N3O3/c1-7-4-10(9(6-12-7)11(15)16)13-5-8-2-3-14-17-8/h2-4,6H,5H2,1H3,(H,12,13)(H,15,16). The summed E-state index contributed by atoms with van der Waals surface area (Å²) in [6.45, 7) is 2.18. The van der Waals surface area contributed by atoms with Crippen molar-refractivity contribution < 1.29 is 14.4 Å². The number of carboxylic acid groups (broad SMARTS) is 1. The van der Waals surface area contributed by atoms with Crippen LogP contribution in [0.4, 0.5) is 5.69 Å². The zero-order valence-electron chi connectivity index (χ0n) is 9.17. The molecular formula is C11H11N3O3. The van der Waals surface area contributed by atoms with Crippen LogP contribution >= 0.6 is 0 Å². The van der Waals surface area contributed by atoms with Crippen LogP contribution < -0.4 is 5.32 Å². The van der Waals surface area contributed by atoms with E-state index >= 15 is 0 Å². The number of aryl methyl sites for hydroxylation is 1. The first-order chi connectivity index (χ1) is 8.16. The van der Waals surface area contributed by atoms with Crippen LogP contribution in [-0.2, 0) is 6.54 Å². The summed E-state index contributed by atoms with van der Waals surface area (Å²) in [6.07, 6.45) is 2.87. The Bertz CT molecular complexity index is 523. The maximum Gasteiger partial charge on any atom is 0.339 e. The highest BCUT2D eigenvalue weighted by Gasteiger charge is 2.11. The van der Waals surface area contributed by atoms with E-state index < -0.39 is 5.97 Å². The Morgan fingerprint density at radius 1 is 1.59 bits per heavy atom. The van der Waals surface area contributed by atoms with Gasteiger partial charge in [0.15, 0.2) is 5.76 Å². The number of hydrogen-bond donors (Lipinski definition) is 2. The predicted octanol–water partition coefficient (Wildman–Crippen LogP) is 1.69. The third kappa shape index (κ3) is 2.60. The number of nitrogens with one attached hydrogen (secondary N) is 1. The first-order valence-electron chi connectivity index (χ1n) is 5.00. The summed E-state index contributed by atoms with van der Waals surface area (Å²) in [5.41, 5.74) is 1.39. The number of hydrogen-bond acceptors (Lipinski definition) is 5. The zero-order chi connectivity index (χ0) is 12.3. The number of carboxylic acids is 1. The van der Waals surface area contributed by atoms with E-state index in [1.807, 2.05) is 0 Å². The molecule has 0 saturated heterocycles. The molecule has 0 unspecified atom stereocenters. The molecule has 88 valence electrons. The number of anilines is 1. The minimum absolute atomic E-state index is 0.134. The van der Waals surface area contributed by atoms with Crippen LogP contribution in [0.15, 0.2) is 29.0 Å². The maximum atomic E-state index is 11.0. The molecule has 17 heavy (non-hydrogen) atoms. The highest BCUT2D eigenvalue weighted by atomic mass is 16.5. The van der Waals surface area contributed by atoms with Crippen LogP contribution in [0.3, 0.4) is 0 Å². The van der Waals surface area contributed by atoms with E-state index in [9.17, 15) is 4.79 Å². The molecule has 0 atom stereocenters. The van der Waals surface area contributed by atoms with E-state index in [-0.39, 0.29) is 5.56 Å². The lowest BCUT2D eigenvalue weighted by atomic mass is 10.2. The van der Waals surface area contributed by atoms with Gasteiger partial charge in [0, 0.05) is 18.0 Å². The van der Waals surface area contributed by atoms with Crippen LogP contribution in [0.5, 0.6) is 0 Å². The monoisotopic (exact) mass is 233 g/mol. The number of carbonyl (C=O) groups is 1. The Morgan fingerprint density at radius 2 is 2.41 bits per heavy atom. The maximum absolute atomic E-state index is 11.0. The number of nitrogens with zero attached hydrogens (tertiary/aromatic N) is 2. The topological polar surface area (TPSA) is 88.2 Å². The van der Waals surface area contributed by atoms with Gasteiger partial charge in [-0.25, -0.2) is 4.79 Å². The van der Waals surface area contributed by atoms with Gasteiger partial charge >= 0.3 is 5.97 Å². The van der Waals surface area contributed by atoms with Gasteiger partial charge in [-0.05, 0) is 13.0 Å². The molecule has 0 fully saturated rings. The molecule has 0 amide bonds. The molecule has 2 aromatic heterocycles. The smallest absolute Gasteiger partial charge is 0.339 e. The van der Waals surface area contributed by atoms with Crippen LogP contribution in [0, 0.1) is 6.92 Å². The minimum atomic E-state index is -1.02. The normalized spacial score (nSPS) is 10.2. The molecule has 0 aromatic carbocycles. The number of pyridine rings is 1. The SMILES string of the molecule is Cc1cc(NCc2ccno2)c(C(=O)O)cn1. The van der Waals surface area contributed by atoms with E-state index in [1.165, 1.54) is 12.4 Å². The van der Waals surface area contributed by atoms with Crippen molar-refractivity contribution in [2.45, 2.75) is 13.5 Å². The highest BCUT2D eigenvalue weighted by Crippen LogP contribution is 2.16. The molecule has 0 aliphatic heterocycles. The predicted molar refractivity (Wildman–Crippen MR) is 59.8 cm³/mol. The minimum Gasteiger partial charge on any atom is -0.478 e. The first-order valence-corrected chi connectivity index (χ1v) is 5.00. The van der Waals surface area contributed by atoms with Crippen LogP contribution in [-0.4, -0.2) is 21.2 Å². The van der Waals surface area contributed by atoms with Gasteiger partial charge in [-0.3, -0.25) is 4.98 Å². The highest BCUT2D eigenvalue weighted by molar-refractivity contribution is 5.93. The summed E-state index contributed by atoms with van der Waals surface area (Å²) >= 11 is 0. The van der Waals surface area contributed by atoms with Crippen molar-refractivity contribution in [2.24, 2.45) is 0 Å². The van der Waals surface area contributed by atoms with E-state index in [2.05, 4.69) is 15.5 Å². The van der Waals surface area contributed by atoms with Gasteiger partial charge in [-0.1, -0.05) is 5.16 Å². The number of aromatic carboxylic acids is 1. The summed E-state index contributed by atoms with van der Waals surface area (Å²) in [5.74, 6) is -0.381. The van der Waals surface area contributed by atoms with Crippen molar-refractivity contribution in [2.75, 3.05) is 5.32 Å². The van der Waals surface area contributed by atoms with E-state index in [4.69, 9.17) is 9.63 Å². The Kier molecular flexibility index (Phi) is 3.04. The van der Waals surface area contributed by atoms with Crippen molar-refractivity contribution >= 4 is 11.7 Å². The van der Waals surface area contributed by atoms with Crippen LogP contribution in [0.1, 0.15) is 21.8 Å². The van der Waals surface area contributed by atoms with Gasteiger partial charge in [-0.2, -0.15) is 0 Å². The van der Waals surface area contributed by atoms with E-state index in [1.54, 1.807) is 19.1 Å². The van der Waals surface area contributed by atoms with Crippen LogP contribution in [0.25, 0.3) is 0 Å². The van der Waals surface area contributed by atoms with Crippen molar-refractivity contribution in [1.82, 2.24) is 10.1 Å². The van der Waals surface area contributed by atoms with Crippen molar-refractivity contribution in [1.29, 1.82) is 0 Å². The van der Waals surface area contributed by atoms with Gasteiger partial charge < -0.3 is 14.9 Å². The van der Waals surface area contributed by atoms with E-state index in [0.717, 1.165) is 5.69 Å². The lowest BCUT2D eigenvalue weighted by Gasteiger charge is -2.08. The molecule has 2 heterocycles. The lowest BCUT2D eigenvalue weighted by molar-refractivity contribution is 0.0697. The Balaban J connectivity index is 2.19. The third-order valence-electron chi connectivity index (χ3n) is 2.22. The molecule has 0 radical (unpaired) electrons. The second-order valence-electron chi connectivity index (χ2n) is 3.51. The summed E-state index contributed by atoms with van der Waals surface area (Å²) in [5, 5.41) is 15.5. The third-order valence-corrected chi connectivity index (χ3v) is 2.22. The number of aromatic nitrogens is 2. The molecule has 2 rings (SSSR count). The summed E-state index contributed by atoms with van der Waals surface area (Å²) < 4.78 is 4.91. The fraction of sp³-hybridized carbons (Fsp3) is 0.182. The average molecular weight is 233 g/mol. The van der Waals surface area contributed by atoms with Gasteiger partial charge in [0.2, 0.25) is 0 Å². The average Bonchev–Trinajstić information content (AvgIpc) is 2.78. The molecule has 2 aromatic rings. The first kappa shape index (κ1) is 11.1. The zero-order valence-corrected chi connectivity index (χ0v) is 9.17. The Hall–Kier alpha value is -2.37. The molecule has 6 heteroatoms. The van der Waals surface area contributed by atoms with Gasteiger partial charge in [0.25, 0.3) is 0 Å². The van der Waals surface area contributed by atoms with Gasteiger partial charge in [0.05, 0.1) is 18.4 Å². The van der Waals surface area contributed by atoms with Crippen molar-refractivity contribution in [3.05, 3.63) is 41.5 Å². The van der Waals surface area contributed by atoms with Crippen LogP contribution in [0.2, 0.25) is 0 Å². The van der Waals surface area contributed by atoms with E-state index in [0.29, 0.717) is 18.0 Å². The summed E-state index contributed by atoms with van der Waals surface area (Å²) in [4.78, 5) is 14.9. The van der Waals surface area contributed by atoms with Crippen molar-refractivity contribution in [3.63, 3.8) is 0 Å². The van der Waals surface area contributed by atoms with Gasteiger partial charge in [0.1, 0.15) is 5.56 Å². The molecule has 0 bridgehead atoms. The summed E-state index contributed by atoms with van der Waals surface area (Å²) in [6, 6.07) is 3.39. The molecular weight excluding hydrogens is 222 g/mol. The second kappa shape index (κ2) is 4.65. The number of rotatable bonds is 4. The van der Waals surface area contributed by atoms with Crippen molar-refractivity contribution in [3.8, 4) is 0 Å².